The van der Waals surface area contributed by atoms with Gasteiger partial charge in [-0.2, -0.15) is 0 Å². The third-order valence-corrected chi connectivity index (χ3v) is 3.77. The van der Waals surface area contributed by atoms with Gasteiger partial charge < -0.3 is 0 Å². The normalized spacial score (nSPS) is 10.8. The summed E-state index contributed by atoms with van der Waals surface area (Å²) in [4.78, 5) is 8.27. The summed E-state index contributed by atoms with van der Waals surface area (Å²) in [6, 6.07) is 10.2. The molecule has 0 N–H and O–H groups in total. The fourth-order valence-corrected chi connectivity index (χ4v) is 2.82. The number of rotatable bonds is 1. The average molecular weight is 247 g/mol. The molecule has 0 amide bonds. The molecule has 2 heterocycles. The second kappa shape index (κ2) is 3.85. The minimum Gasteiger partial charge on any atom is -0.235 e. The summed E-state index contributed by atoms with van der Waals surface area (Å²) < 4.78 is 0.947. The molecule has 0 saturated carbocycles. The molecule has 2 aromatic heterocycles. The summed E-state index contributed by atoms with van der Waals surface area (Å²) in [5, 5.41) is 2.60. The molecule has 1 aromatic carbocycles. The maximum atomic E-state index is 6.02. The topological polar surface area (TPSA) is 25.8 Å². The van der Waals surface area contributed by atoms with E-state index in [0.29, 0.717) is 5.15 Å². The van der Waals surface area contributed by atoms with E-state index in [1.54, 1.807) is 11.3 Å². The zero-order valence-corrected chi connectivity index (χ0v) is 9.79. The summed E-state index contributed by atoms with van der Waals surface area (Å²) in [6.45, 7) is 0. The van der Waals surface area contributed by atoms with Crippen molar-refractivity contribution in [1.29, 1.82) is 0 Å². The monoisotopic (exact) mass is 246 g/mol. The van der Waals surface area contributed by atoms with Gasteiger partial charge in [0, 0.05) is 10.9 Å². The van der Waals surface area contributed by atoms with Gasteiger partial charge in [-0.3, -0.25) is 0 Å². The van der Waals surface area contributed by atoms with E-state index in [2.05, 4.69) is 27.5 Å². The third-order valence-electron chi connectivity index (χ3n) is 2.39. The van der Waals surface area contributed by atoms with Crippen LogP contribution in [-0.2, 0) is 0 Å². The largest absolute Gasteiger partial charge is 0.235 e. The predicted octanol–water partition coefficient (Wildman–Crippen LogP) is 4.01. The van der Waals surface area contributed by atoms with E-state index < -0.39 is 0 Å². The summed E-state index contributed by atoms with van der Waals surface area (Å²) in [6.07, 6.45) is 1.50. The van der Waals surface area contributed by atoms with Crippen LogP contribution in [0.25, 0.3) is 21.3 Å². The van der Waals surface area contributed by atoms with Crippen molar-refractivity contribution in [1.82, 2.24) is 9.97 Å². The third kappa shape index (κ3) is 1.49. The maximum absolute atomic E-state index is 6.02. The lowest BCUT2D eigenvalue weighted by atomic mass is 10.1. The van der Waals surface area contributed by atoms with Crippen molar-refractivity contribution in [2.24, 2.45) is 0 Å². The Kier molecular flexibility index (Phi) is 2.35. The number of fused-ring (bicyclic) bond motifs is 1. The van der Waals surface area contributed by atoms with Crippen LogP contribution in [0.3, 0.4) is 0 Å². The van der Waals surface area contributed by atoms with Gasteiger partial charge in [-0.25, -0.2) is 9.97 Å². The van der Waals surface area contributed by atoms with Crippen molar-refractivity contribution in [3.63, 3.8) is 0 Å². The molecule has 3 aromatic rings. The highest BCUT2D eigenvalue weighted by molar-refractivity contribution is 7.18. The summed E-state index contributed by atoms with van der Waals surface area (Å²) in [7, 11) is 0. The van der Waals surface area contributed by atoms with Gasteiger partial charge in [0.2, 0.25) is 0 Å². The van der Waals surface area contributed by atoms with Gasteiger partial charge in [-0.15, -0.1) is 11.3 Å². The Morgan fingerprint density at radius 1 is 1.06 bits per heavy atom. The highest BCUT2D eigenvalue weighted by Gasteiger charge is 2.10. The Bertz CT molecular complexity index is 634. The molecular formula is C12H7ClN2S. The van der Waals surface area contributed by atoms with Crippen molar-refractivity contribution in [3.8, 4) is 11.1 Å². The lowest BCUT2D eigenvalue weighted by molar-refractivity contribution is 1.23. The predicted molar refractivity (Wildman–Crippen MR) is 67.9 cm³/mol. The summed E-state index contributed by atoms with van der Waals surface area (Å²) in [5.74, 6) is 0. The molecule has 0 unspecified atom stereocenters. The van der Waals surface area contributed by atoms with E-state index in [1.807, 2.05) is 18.2 Å². The molecule has 0 saturated heterocycles. The van der Waals surface area contributed by atoms with E-state index >= 15 is 0 Å². The van der Waals surface area contributed by atoms with E-state index in [-0.39, 0.29) is 0 Å². The molecule has 0 aliphatic rings. The van der Waals surface area contributed by atoms with Gasteiger partial charge in [0.15, 0.2) is 0 Å². The molecule has 0 bridgehead atoms. The van der Waals surface area contributed by atoms with Crippen molar-refractivity contribution >= 4 is 33.2 Å². The van der Waals surface area contributed by atoms with Crippen molar-refractivity contribution in [3.05, 3.63) is 47.2 Å². The fourth-order valence-electron chi connectivity index (χ4n) is 1.64. The Morgan fingerprint density at radius 2 is 1.88 bits per heavy atom. The van der Waals surface area contributed by atoms with Crippen molar-refractivity contribution in [2.75, 3.05) is 0 Å². The van der Waals surface area contributed by atoms with Crippen LogP contribution in [0.1, 0.15) is 0 Å². The Morgan fingerprint density at radius 3 is 2.69 bits per heavy atom. The molecule has 16 heavy (non-hydrogen) atoms. The number of halogens is 1. The molecule has 0 spiro atoms. The number of aromatic nitrogens is 2. The molecular weight excluding hydrogens is 240 g/mol. The van der Waals surface area contributed by atoms with Crippen molar-refractivity contribution < 1.29 is 0 Å². The maximum Gasteiger partial charge on any atom is 0.150 e. The van der Waals surface area contributed by atoms with Crippen LogP contribution in [0.15, 0.2) is 42.0 Å². The van der Waals surface area contributed by atoms with Crippen molar-refractivity contribution in [2.45, 2.75) is 0 Å². The first-order valence-electron chi connectivity index (χ1n) is 4.79. The molecule has 0 radical (unpaired) electrons. The van der Waals surface area contributed by atoms with Gasteiger partial charge in [0.25, 0.3) is 0 Å². The summed E-state index contributed by atoms with van der Waals surface area (Å²) >= 11 is 7.60. The Balaban J connectivity index is 2.30. The molecule has 0 aliphatic carbocycles. The van der Waals surface area contributed by atoms with Gasteiger partial charge in [-0.1, -0.05) is 41.9 Å². The van der Waals surface area contributed by atoms with Gasteiger partial charge >= 0.3 is 0 Å². The lowest BCUT2D eigenvalue weighted by Gasteiger charge is -1.98. The smallest absolute Gasteiger partial charge is 0.150 e. The highest BCUT2D eigenvalue weighted by atomic mass is 35.5. The van der Waals surface area contributed by atoms with Gasteiger partial charge in [0.1, 0.15) is 11.5 Å². The SMILES string of the molecule is Clc1ncnc2c(-c3ccccc3)csc12. The van der Waals surface area contributed by atoms with E-state index in [4.69, 9.17) is 11.6 Å². The average Bonchev–Trinajstić information content (AvgIpc) is 2.75. The molecule has 3 rings (SSSR count). The first-order valence-corrected chi connectivity index (χ1v) is 6.05. The molecule has 0 fully saturated rings. The van der Waals surface area contributed by atoms with Crippen LogP contribution in [0.5, 0.6) is 0 Å². The first-order chi connectivity index (χ1) is 7.86. The van der Waals surface area contributed by atoms with Crippen LogP contribution in [0.4, 0.5) is 0 Å². The van der Waals surface area contributed by atoms with Crippen LogP contribution in [0, 0.1) is 0 Å². The number of hydrogen-bond donors (Lipinski definition) is 0. The highest BCUT2D eigenvalue weighted by Crippen LogP contribution is 2.34. The minimum absolute atomic E-state index is 0.525. The zero-order valence-electron chi connectivity index (χ0n) is 8.22. The number of benzene rings is 1. The molecule has 0 aliphatic heterocycles. The quantitative estimate of drug-likeness (QED) is 0.607. The minimum atomic E-state index is 0.525. The second-order valence-corrected chi connectivity index (χ2v) is 4.60. The molecule has 2 nitrogen and oxygen atoms in total. The Hall–Kier alpha value is -1.45. The van der Waals surface area contributed by atoms with Crippen LogP contribution >= 0.6 is 22.9 Å². The fraction of sp³-hybridized carbons (Fsp3) is 0. The number of hydrogen-bond acceptors (Lipinski definition) is 3. The number of nitrogens with zero attached hydrogens (tertiary/aromatic N) is 2. The van der Waals surface area contributed by atoms with Crippen LogP contribution in [-0.4, -0.2) is 9.97 Å². The van der Waals surface area contributed by atoms with Gasteiger partial charge in [0.05, 0.1) is 10.2 Å². The number of thiophene rings is 1. The zero-order chi connectivity index (χ0) is 11.0. The second-order valence-electron chi connectivity index (χ2n) is 3.36. The van der Waals surface area contributed by atoms with E-state index in [1.165, 1.54) is 6.33 Å². The molecule has 78 valence electrons. The summed E-state index contributed by atoms with van der Waals surface area (Å²) in [5.41, 5.74) is 3.20. The standard InChI is InChI=1S/C12H7ClN2S/c13-12-11-10(14-7-15-12)9(6-16-11)8-4-2-1-3-5-8/h1-7H. The van der Waals surface area contributed by atoms with Gasteiger partial charge in [-0.05, 0) is 5.56 Å². The van der Waals surface area contributed by atoms with E-state index in [0.717, 1.165) is 21.3 Å². The lowest BCUT2D eigenvalue weighted by Crippen LogP contribution is -1.81. The van der Waals surface area contributed by atoms with Crippen LogP contribution in [0.2, 0.25) is 5.15 Å². The van der Waals surface area contributed by atoms with Crippen LogP contribution < -0.4 is 0 Å². The molecule has 4 heteroatoms. The first kappa shape index (κ1) is 9.75. The van der Waals surface area contributed by atoms with E-state index in [9.17, 15) is 0 Å². The Labute approximate surface area is 102 Å². The molecule has 0 atom stereocenters.